The molecular formula is C20H24FN7O2. The van der Waals surface area contributed by atoms with Crippen LogP contribution in [0.3, 0.4) is 0 Å². The summed E-state index contributed by atoms with van der Waals surface area (Å²) in [5.41, 5.74) is 2.29. The second-order valence-corrected chi connectivity index (χ2v) is 8.53. The van der Waals surface area contributed by atoms with Gasteiger partial charge in [0.1, 0.15) is 17.9 Å². The van der Waals surface area contributed by atoms with Crippen molar-refractivity contribution in [3.05, 3.63) is 35.9 Å². The lowest BCUT2D eigenvalue weighted by atomic mass is 10.0. The lowest BCUT2D eigenvalue weighted by molar-refractivity contribution is 0.0583. The number of nitrogens with zero attached hydrogens (tertiary/aromatic N) is 4. The van der Waals surface area contributed by atoms with Gasteiger partial charge in [-0.05, 0) is 45.6 Å². The summed E-state index contributed by atoms with van der Waals surface area (Å²) in [5, 5.41) is 13.2. The number of carbonyl (C=O) groups is 1. The number of amides is 1. The Hall–Kier alpha value is -3.17. The SMILES string of the molecule is Cc1cn2c(Nc3cc([C@H]4C[C@@H](F)[C@@H](OC(=O)NC5(C)CC5)C4)[nH]n3)nccc2n1. The van der Waals surface area contributed by atoms with Gasteiger partial charge in [0, 0.05) is 35.6 Å². The van der Waals surface area contributed by atoms with Gasteiger partial charge in [0.2, 0.25) is 5.95 Å². The topological polar surface area (TPSA) is 109 Å². The first-order valence-electron chi connectivity index (χ1n) is 10.1. The molecule has 2 fully saturated rings. The molecule has 2 aliphatic carbocycles. The number of fused-ring (bicyclic) bond motifs is 1. The minimum absolute atomic E-state index is 0.100. The summed E-state index contributed by atoms with van der Waals surface area (Å²) >= 11 is 0. The summed E-state index contributed by atoms with van der Waals surface area (Å²) in [4.78, 5) is 20.8. The Morgan fingerprint density at radius 2 is 2.23 bits per heavy atom. The molecular weight excluding hydrogens is 389 g/mol. The molecule has 158 valence electrons. The molecule has 30 heavy (non-hydrogen) atoms. The van der Waals surface area contributed by atoms with Gasteiger partial charge in [-0.2, -0.15) is 5.10 Å². The van der Waals surface area contributed by atoms with Crippen molar-refractivity contribution >= 4 is 23.5 Å². The molecule has 0 aliphatic heterocycles. The Kier molecular flexibility index (Phi) is 4.37. The van der Waals surface area contributed by atoms with Crippen molar-refractivity contribution in [3.63, 3.8) is 0 Å². The number of hydrogen-bond acceptors (Lipinski definition) is 6. The third-order valence-corrected chi connectivity index (χ3v) is 5.87. The monoisotopic (exact) mass is 413 g/mol. The zero-order valence-corrected chi connectivity index (χ0v) is 16.9. The number of H-pyrrole nitrogens is 1. The number of carbonyl (C=O) groups excluding carboxylic acids is 1. The van der Waals surface area contributed by atoms with Gasteiger partial charge in [0.15, 0.2) is 5.82 Å². The molecule has 0 radical (unpaired) electrons. The highest BCUT2D eigenvalue weighted by atomic mass is 19.1. The van der Waals surface area contributed by atoms with Crippen LogP contribution in [0.2, 0.25) is 0 Å². The van der Waals surface area contributed by atoms with E-state index in [1.54, 1.807) is 6.20 Å². The van der Waals surface area contributed by atoms with Crippen LogP contribution in [0.1, 0.15) is 49.9 Å². The first-order valence-corrected chi connectivity index (χ1v) is 10.1. The van der Waals surface area contributed by atoms with Crippen LogP contribution in [-0.4, -0.2) is 48.5 Å². The average molecular weight is 413 g/mol. The molecule has 0 saturated heterocycles. The lowest BCUT2D eigenvalue weighted by Crippen LogP contribution is -2.38. The van der Waals surface area contributed by atoms with Crippen molar-refractivity contribution in [2.75, 3.05) is 5.32 Å². The zero-order valence-electron chi connectivity index (χ0n) is 16.9. The minimum atomic E-state index is -1.20. The number of aromatic nitrogens is 5. The average Bonchev–Trinajstić information content (AvgIpc) is 3.05. The maximum atomic E-state index is 14.5. The van der Waals surface area contributed by atoms with Crippen LogP contribution in [0.5, 0.6) is 0 Å². The van der Waals surface area contributed by atoms with E-state index in [1.165, 1.54) is 0 Å². The number of alkyl halides is 1. The van der Waals surface area contributed by atoms with E-state index in [9.17, 15) is 9.18 Å². The fraction of sp³-hybridized carbons (Fsp3) is 0.500. The third kappa shape index (κ3) is 3.69. The van der Waals surface area contributed by atoms with E-state index in [0.29, 0.717) is 18.2 Å². The molecule has 3 atom stereocenters. The van der Waals surface area contributed by atoms with Crippen LogP contribution in [0, 0.1) is 6.92 Å². The van der Waals surface area contributed by atoms with E-state index in [2.05, 4.69) is 30.8 Å². The molecule has 0 spiro atoms. The van der Waals surface area contributed by atoms with Gasteiger partial charge in [-0.15, -0.1) is 0 Å². The van der Waals surface area contributed by atoms with E-state index in [0.717, 1.165) is 29.9 Å². The quantitative estimate of drug-likeness (QED) is 0.592. The third-order valence-electron chi connectivity index (χ3n) is 5.87. The highest BCUT2D eigenvalue weighted by molar-refractivity contribution is 5.69. The molecule has 0 bridgehead atoms. The molecule has 2 saturated carbocycles. The Bertz CT molecular complexity index is 1090. The highest BCUT2D eigenvalue weighted by Crippen LogP contribution is 2.39. The van der Waals surface area contributed by atoms with Crippen LogP contribution >= 0.6 is 0 Å². The van der Waals surface area contributed by atoms with E-state index in [4.69, 9.17) is 4.74 Å². The van der Waals surface area contributed by atoms with Crippen molar-refractivity contribution in [2.24, 2.45) is 0 Å². The largest absolute Gasteiger partial charge is 0.443 e. The molecule has 5 rings (SSSR count). The number of anilines is 2. The predicted molar refractivity (Wildman–Crippen MR) is 108 cm³/mol. The number of alkyl carbamates (subject to hydrolysis) is 1. The van der Waals surface area contributed by atoms with Crippen molar-refractivity contribution in [3.8, 4) is 0 Å². The Labute approximate surface area is 172 Å². The molecule has 10 heteroatoms. The van der Waals surface area contributed by atoms with Crippen LogP contribution in [0.25, 0.3) is 5.65 Å². The Morgan fingerprint density at radius 1 is 1.40 bits per heavy atom. The first kappa shape index (κ1) is 18.8. The molecule has 3 aromatic rings. The highest BCUT2D eigenvalue weighted by Gasteiger charge is 2.42. The summed E-state index contributed by atoms with van der Waals surface area (Å²) in [5.74, 6) is 1.07. The van der Waals surface area contributed by atoms with Crippen LogP contribution in [0.15, 0.2) is 24.5 Å². The molecule has 0 unspecified atom stereocenters. The van der Waals surface area contributed by atoms with Crippen molar-refractivity contribution in [1.82, 2.24) is 29.9 Å². The minimum Gasteiger partial charge on any atom is -0.443 e. The van der Waals surface area contributed by atoms with Crippen LogP contribution in [0.4, 0.5) is 21.0 Å². The summed E-state index contributed by atoms with van der Waals surface area (Å²) in [6, 6.07) is 3.67. The number of hydrogen-bond donors (Lipinski definition) is 3. The maximum absolute atomic E-state index is 14.5. The van der Waals surface area contributed by atoms with E-state index < -0.39 is 18.4 Å². The van der Waals surface area contributed by atoms with Crippen molar-refractivity contribution < 1.29 is 13.9 Å². The fourth-order valence-electron chi connectivity index (χ4n) is 3.91. The van der Waals surface area contributed by atoms with E-state index >= 15 is 0 Å². The van der Waals surface area contributed by atoms with Gasteiger partial charge in [0.25, 0.3) is 0 Å². The van der Waals surface area contributed by atoms with Gasteiger partial charge in [-0.1, -0.05) is 0 Å². The smallest absolute Gasteiger partial charge is 0.407 e. The lowest BCUT2D eigenvalue weighted by Gasteiger charge is -2.17. The Morgan fingerprint density at radius 3 is 3.03 bits per heavy atom. The van der Waals surface area contributed by atoms with Crippen molar-refractivity contribution in [1.29, 1.82) is 0 Å². The number of rotatable bonds is 5. The summed E-state index contributed by atoms with van der Waals surface area (Å²) in [6.07, 6.45) is 3.64. The fourth-order valence-corrected chi connectivity index (χ4v) is 3.91. The molecule has 3 N–H and O–H groups in total. The van der Waals surface area contributed by atoms with E-state index in [-0.39, 0.29) is 17.9 Å². The van der Waals surface area contributed by atoms with Crippen molar-refractivity contribution in [2.45, 2.75) is 63.3 Å². The normalized spacial score (nSPS) is 24.7. The van der Waals surface area contributed by atoms with Crippen LogP contribution in [-0.2, 0) is 4.74 Å². The standard InChI is InChI=1S/C20H24FN7O2/c1-11-10-28-17(23-11)3-6-22-18(28)24-16-9-14(26-27-16)12-7-13(21)15(8-12)30-19(29)25-20(2)4-5-20/h3,6,9-10,12-13,15H,4-5,7-8H2,1-2H3,(H,25,29)(H2,22,24,26,27)/t12-,13+,15-/m0/s1. The molecule has 9 nitrogen and oxygen atoms in total. The van der Waals surface area contributed by atoms with Gasteiger partial charge in [-0.3, -0.25) is 9.50 Å². The number of aromatic amines is 1. The maximum Gasteiger partial charge on any atom is 0.407 e. The predicted octanol–water partition coefficient (Wildman–Crippen LogP) is 3.37. The number of ether oxygens (including phenoxy) is 1. The number of aryl methyl sites for hydroxylation is 1. The number of nitrogens with one attached hydrogen (secondary N) is 3. The zero-order chi connectivity index (χ0) is 20.9. The van der Waals surface area contributed by atoms with E-state index in [1.807, 2.05) is 36.6 Å². The van der Waals surface area contributed by atoms with Gasteiger partial charge in [0.05, 0.1) is 5.69 Å². The number of imidazole rings is 1. The molecule has 3 aromatic heterocycles. The molecule has 0 aromatic carbocycles. The Balaban J connectivity index is 1.24. The van der Waals surface area contributed by atoms with Gasteiger partial charge >= 0.3 is 6.09 Å². The molecule has 1 amide bonds. The van der Waals surface area contributed by atoms with Crippen LogP contribution < -0.4 is 10.6 Å². The first-order chi connectivity index (χ1) is 14.4. The second kappa shape index (κ2) is 6.96. The summed E-state index contributed by atoms with van der Waals surface area (Å²) in [6.45, 7) is 3.87. The summed E-state index contributed by atoms with van der Waals surface area (Å²) in [7, 11) is 0. The number of halogens is 1. The van der Waals surface area contributed by atoms with Gasteiger partial charge in [-0.25, -0.2) is 19.2 Å². The molecule has 3 heterocycles. The second-order valence-electron chi connectivity index (χ2n) is 8.53. The molecule has 2 aliphatic rings. The van der Waals surface area contributed by atoms with Gasteiger partial charge < -0.3 is 15.4 Å². The summed E-state index contributed by atoms with van der Waals surface area (Å²) < 4.78 is 21.7.